The van der Waals surface area contributed by atoms with Gasteiger partial charge in [-0.05, 0) is 24.3 Å². The van der Waals surface area contributed by atoms with Gasteiger partial charge in [-0.1, -0.05) is 17.7 Å². The molecule has 0 aromatic carbocycles. The van der Waals surface area contributed by atoms with E-state index in [4.69, 9.17) is 11.6 Å². The van der Waals surface area contributed by atoms with E-state index in [0.29, 0.717) is 10.8 Å². The first-order chi connectivity index (χ1) is 7.25. The van der Waals surface area contributed by atoms with E-state index in [1.165, 1.54) is 11.3 Å². The fourth-order valence-electron chi connectivity index (χ4n) is 1.32. The highest BCUT2D eigenvalue weighted by atomic mass is 35.5. The molecule has 2 nitrogen and oxygen atoms in total. The second-order valence-electron chi connectivity index (χ2n) is 3.18. The standard InChI is InChI=1S/C11H10ClNOS/c12-11-5-4-10(15-11)9(14)7-8-3-1-2-6-13-8/h1-6,9,14H,7H2. The van der Waals surface area contributed by atoms with E-state index in [1.807, 2.05) is 24.3 Å². The number of aliphatic hydroxyl groups is 1. The third-order valence-corrected chi connectivity index (χ3v) is 3.38. The molecule has 0 spiro atoms. The van der Waals surface area contributed by atoms with E-state index in [-0.39, 0.29) is 0 Å². The Hall–Kier alpha value is -0.900. The summed E-state index contributed by atoms with van der Waals surface area (Å²) in [7, 11) is 0. The average molecular weight is 240 g/mol. The van der Waals surface area contributed by atoms with Crippen LogP contribution in [0, 0.1) is 0 Å². The maximum Gasteiger partial charge on any atom is 0.0937 e. The van der Waals surface area contributed by atoms with Crippen LogP contribution in [-0.2, 0) is 6.42 Å². The minimum absolute atomic E-state index is 0.516. The average Bonchev–Trinajstić information content (AvgIpc) is 2.66. The minimum Gasteiger partial charge on any atom is -0.387 e. The number of pyridine rings is 1. The molecule has 2 heterocycles. The lowest BCUT2D eigenvalue weighted by Crippen LogP contribution is -2.00. The molecule has 2 aromatic rings. The van der Waals surface area contributed by atoms with Gasteiger partial charge < -0.3 is 5.11 Å². The summed E-state index contributed by atoms with van der Waals surface area (Å²) < 4.78 is 0.699. The summed E-state index contributed by atoms with van der Waals surface area (Å²) in [5.74, 6) is 0. The molecule has 78 valence electrons. The third kappa shape index (κ3) is 2.78. The van der Waals surface area contributed by atoms with Crippen molar-refractivity contribution in [2.24, 2.45) is 0 Å². The zero-order valence-corrected chi connectivity index (χ0v) is 9.50. The van der Waals surface area contributed by atoms with Gasteiger partial charge in [0.1, 0.15) is 0 Å². The minimum atomic E-state index is -0.516. The molecule has 15 heavy (non-hydrogen) atoms. The smallest absolute Gasteiger partial charge is 0.0937 e. The molecule has 0 fully saturated rings. The summed E-state index contributed by atoms with van der Waals surface area (Å²) in [6.45, 7) is 0. The van der Waals surface area contributed by atoms with Gasteiger partial charge in [-0.25, -0.2) is 0 Å². The molecule has 0 amide bonds. The van der Waals surface area contributed by atoms with Gasteiger partial charge in [0.2, 0.25) is 0 Å². The van der Waals surface area contributed by atoms with Gasteiger partial charge in [-0.15, -0.1) is 11.3 Å². The molecule has 0 aliphatic rings. The molecule has 2 rings (SSSR count). The highest BCUT2D eigenvalue weighted by molar-refractivity contribution is 7.16. The molecule has 0 aliphatic carbocycles. The maximum atomic E-state index is 9.90. The van der Waals surface area contributed by atoms with Crippen LogP contribution in [0.25, 0.3) is 0 Å². The van der Waals surface area contributed by atoms with Crippen LogP contribution in [0.2, 0.25) is 4.34 Å². The molecular weight excluding hydrogens is 230 g/mol. The summed E-state index contributed by atoms with van der Waals surface area (Å²) in [6.07, 6.45) is 1.73. The topological polar surface area (TPSA) is 33.1 Å². The molecule has 0 radical (unpaired) electrons. The number of hydrogen-bond acceptors (Lipinski definition) is 3. The Morgan fingerprint density at radius 1 is 1.33 bits per heavy atom. The number of hydrogen-bond donors (Lipinski definition) is 1. The van der Waals surface area contributed by atoms with Crippen LogP contribution in [0.5, 0.6) is 0 Å². The van der Waals surface area contributed by atoms with Crippen LogP contribution in [0.1, 0.15) is 16.7 Å². The highest BCUT2D eigenvalue weighted by Gasteiger charge is 2.11. The van der Waals surface area contributed by atoms with Crippen LogP contribution in [0.4, 0.5) is 0 Å². The summed E-state index contributed by atoms with van der Waals surface area (Å²) in [6, 6.07) is 9.32. The van der Waals surface area contributed by atoms with E-state index in [9.17, 15) is 5.11 Å². The van der Waals surface area contributed by atoms with E-state index in [0.717, 1.165) is 10.6 Å². The van der Waals surface area contributed by atoms with Crippen molar-refractivity contribution in [3.05, 3.63) is 51.4 Å². The monoisotopic (exact) mass is 239 g/mol. The number of halogens is 1. The lowest BCUT2D eigenvalue weighted by atomic mass is 10.1. The number of rotatable bonds is 3. The Kier molecular flexibility index (Phi) is 3.36. The summed E-state index contributed by atoms with van der Waals surface area (Å²) in [5, 5.41) is 9.90. The van der Waals surface area contributed by atoms with Crippen molar-refractivity contribution in [1.82, 2.24) is 4.98 Å². The zero-order chi connectivity index (χ0) is 10.7. The molecule has 1 unspecified atom stereocenters. The lowest BCUT2D eigenvalue weighted by Gasteiger charge is -2.06. The van der Waals surface area contributed by atoms with Gasteiger partial charge in [0.25, 0.3) is 0 Å². The predicted molar refractivity (Wildman–Crippen MR) is 62.2 cm³/mol. The highest BCUT2D eigenvalue weighted by Crippen LogP contribution is 2.28. The quantitative estimate of drug-likeness (QED) is 0.893. The summed E-state index contributed by atoms with van der Waals surface area (Å²) in [5.41, 5.74) is 0.884. The number of nitrogens with zero attached hydrogens (tertiary/aromatic N) is 1. The Labute approximate surface area is 97.2 Å². The molecule has 2 aromatic heterocycles. The van der Waals surface area contributed by atoms with Crippen molar-refractivity contribution >= 4 is 22.9 Å². The van der Waals surface area contributed by atoms with Gasteiger partial charge >= 0.3 is 0 Å². The van der Waals surface area contributed by atoms with Crippen molar-refractivity contribution in [1.29, 1.82) is 0 Å². The Morgan fingerprint density at radius 2 is 2.20 bits per heavy atom. The van der Waals surface area contributed by atoms with Gasteiger partial charge in [0.05, 0.1) is 10.4 Å². The van der Waals surface area contributed by atoms with Crippen molar-refractivity contribution in [3.8, 4) is 0 Å². The summed E-state index contributed by atoms with van der Waals surface area (Å²) >= 11 is 7.20. The molecular formula is C11H10ClNOS. The van der Waals surface area contributed by atoms with Crippen LogP contribution < -0.4 is 0 Å². The number of aliphatic hydroxyl groups excluding tert-OH is 1. The molecule has 1 N–H and O–H groups in total. The predicted octanol–water partition coefficient (Wildman–Crippen LogP) is 3.07. The fraction of sp³-hybridized carbons (Fsp3) is 0.182. The van der Waals surface area contributed by atoms with Crippen LogP contribution in [-0.4, -0.2) is 10.1 Å². The largest absolute Gasteiger partial charge is 0.387 e. The number of thiophene rings is 1. The first kappa shape index (κ1) is 10.6. The lowest BCUT2D eigenvalue weighted by molar-refractivity contribution is 0.181. The van der Waals surface area contributed by atoms with Gasteiger partial charge in [0, 0.05) is 23.2 Å². The summed E-state index contributed by atoms with van der Waals surface area (Å²) in [4.78, 5) is 5.04. The van der Waals surface area contributed by atoms with E-state index in [2.05, 4.69) is 4.98 Å². The molecule has 0 saturated heterocycles. The normalized spacial score (nSPS) is 12.7. The van der Waals surface area contributed by atoms with E-state index < -0.39 is 6.10 Å². The van der Waals surface area contributed by atoms with Crippen molar-refractivity contribution in [2.75, 3.05) is 0 Å². The van der Waals surface area contributed by atoms with Crippen molar-refractivity contribution < 1.29 is 5.11 Å². The van der Waals surface area contributed by atoms with Gasteiger partial charge in [-0.2, -0.15) is 0 Å². The first-order valence-corrected chi connectivity index (χ1v) is 5.78. The molecule has 0 bridgehead atoms. The molecule has 4 heteroatoms. The zero-order valence-electron chi connectivity index (χ0n) is 7.93. The Bertz CT molecular complexity index is 429. The SMILES string of the molecule is OC(Cc1ccccn1)c1ccc(Cl)s1. The van der Waals surface area contributed by atoms with E-state index >= 15 is 0 Å². The van der Waals surface area contributed by atoms with Crippen molar-refractivity contribution in [3.63, 3.8) is 0 Å². The second-order valence-corrected chi connectivity index (χ2v) is 4.93. The van der Waals surface area contributed by atoms with Crippen LogP contribution in [0.3, 0.4) is 0 Å². The van der Waals surface area contributed by atoms with Crippen LogP contribution >= 0.6 is 22.9 Å². The van der Waals surface area contributed by atoms with Gasteiger partial charge in [-0.3, -0.25) is 4.98 Å². The van der Waals surface area contributed by atoms with Gasteiger partial charge in [0.15, 0.2) is 0 Å². The first-order valence-electron chi connectivity index (χ1n) is 4.59. The Morgan fingerprint density at radius 3 is 2.80 bits per heavy atom. The fourth-order valence-corrected chi connectivity index (χ4v) is 2.37. The second kappa shape index (κ2) is 4.75. The maximum absolute atomic E-state index is 9.90. The molecule has 0 aliphatic heterocycles. The molecule has 0 saturated carbocycles. The third-order valence-electron chi connectivity index (χ3n) is 2.05. The van der Waals surface area contributed by atoms with Crippen LogP contribution in [0.15, 0.2) is 36.5 Å². The van der Waals surface area contributed by atoms with Crippen molar-refractivity contribution in [2.45, 2.75) is 12.5 Å². The number of aromatic nitrogens is 1. The molecule has 1 atom stereocenters. The Balaban J connectivity index is 2.07. The van der Waals surface area contributed by atoms with E-state index in [1.54, 1.807) is 12.3 Å².